The molecule has 1 aromatic rings. The molecule has 3 unspecified atom stereocenters. The minimum atomic E-state index is 0.654. The number of rotatable bonds is 3. The number of hydrogen-bond acceptors (Lipinski definition) is 2. The van der Waals surface area contributed by atoms with E-state index in [9.17, 15) is 0 Å². The van der Waals surface area contributed by atoms with Crippen LogP contribution in [0, 0.1) is 5.92 Å². The normalized spacial score (nSPS) is 28.7. The van der Waals surface area contributed by atoms with Gasteiger partial charge in [0, 0.05) is 25.2 Å². The van der Waals surface area contributed by atoms with Crippen LogP contribution in [-0.4, -0.2) is 30.6 Å². The van der Waals surface area contributed by atoms with Crippen LogP contribution in [0.3, 0.4) is 0 Å². The predicted octanol–water partition coefficient (Wildman–Crippen LogP) is 3.77. The maximum Gasteiger partial charge on any atom is 0.0351 e. The predicted molar refractivity (Wildman–Crippen MR) is 89.6 cm³/mol. The van der Waals surface area contributed by atoms with Crippen LogP contribution in [0.25, 0.3) is 0 Å². The number of benzene rings is 1. The molecule has 2 aliphatic rings. The van der Waals surface area contributed by atoms with Gasteiger partial charge in [0.1, 0.15) is 0 Å². The molecule has 3 rings (SSSR count). The Bertz CT molecular complexity index is 457. The molecule has 1 fully saturated rings. The Balaban J connectivity index is 1.79. The summed E-state index contributed by atoms with van der Waals surface area (Å²) in [4.78, 5) is 2.77. The van der Waals surface area contributed by atoms with Crippen molar-refractivity contribution in [1.29, 1.82) is 0 Å². The van der Waals surface area contributed by atoms with Crippen LogP contribution in [0.1, 0.15) is 56.7 Å². The summed E-state index contributed by atoms with van der Waals surface area (Å²) >= 11 is 0. The molecule has 0 aromatic heterocycles. The van der Waals surface area contributed by atoms with Gasteiger partial charge in [0.05, 0.1) is 0 Å². The molecular weight excluding hydrogens is 256 g/mol. The zero-order chi connectivity index (χ0) is 14.7. The summed E-state index contributed by atoms with van der Waals surface area (Å²) in [5, 5.41) is 3.78. The van der Waals surface area contributed by atoms with Crippen molar-refractivity contribution in [3.8, 4) is 0 Å². The first-order chi connectivity index (χ1) is 10.3. The SMILES string of the molecule is CCC(C)C1CN(C2CCCc3ccccc32)CCCN1. The van der Waals surface area contributed by atoms with Crippen molar-refractivity contribution in [1.82, 2.24) is 10.2 Å². The lowest BCUT2D eigenvalue weighted by Gasteiger charge is -2.37. The minimum absolute atomic E-state index is 0.654. The van der Waals surface area contributed by atoms with Crippen molar-refractivity contribution >= 4 is 0 Å². The molecule has 116 valence electrons. The van der Waals surface area contributed by atoms with Crippen molar-refractivity contribution in [2.75, 3.05) is 19.6 Å². The second-order valence-corrected chi connectivity index (χ2v) is 6.90. The first-order valence-corrected chi connectivity index (χ1v) is 8.84. The molecule has 1 aromatic carbocycles. The van der Waals surface area contributed by atoms with Gasteiger partial charge in [-0.3, -0.25) is 4.90 Å². The summed E-state index contributed by atoms with van der Waals surface area (Å²) in [6.07, 6.45) is 6.51. The third-order valence-electron chi connectivity index (χ3n) is 5.57. The zero-order valence-electron chi connectivity index (χ0n) is 13.6. The van der Waals surface area contributed by atoms with Crippen LogP contribution < -0.4 is 5.32 Å². The molecular formula is C19H30N2. The van der Waals surface area contributed by atoms with Gasteiger partial charge in [-0.1, -0.05) is 44.5 Å². The topological polar surface area (TPSA) is 15.3 Å². The van der Waals surface area contributed by atoms with Gasteiger partial charge in [0.25, 0.3) is 0 Å². The molecule has 3 atom stereocenters. The first-order valence-electron chi connectivity index (χ1n) is 8.84. The second kappa shape index (κ2) is 6.93. The average Bonchev–Trinajstić information content (AvgIpc) is 2.79. The van der Waals surface area contributed by atoms with Crippen LogP contribution in [0.2, 0.25) is 0 Å². The van der Waals surface area contributed by atoms with Gasteiger partial charge >= 0.3 is 0 Å². The first kappa shape index (κ1) is 15.1. The van der Waals surface area contributed by atoms with Crippen LogP contribution in [0.5, 0.6) is 0 Å². The van der Waals surface area contributed by atoms with E-state index in [4.69, 9.17) is 0 Å². The monoisotopic (exact) mass is 286 g/mol. The van der Waals surface area contributed by atoms with E-state index >= 15 is 0 Å². The maximum absolute atomic E-state index is 3.78. The van der Waals surface area contributed by atoms with Crippen molar-refractivity contribution in [2.24, 2.45) is 5.92 Å². The summed E-state index contributed by atoms with van der Waals surface area (Å²) in [7, 11) is 0. The van der Waals surface area contributed by atoms with Crippen molar-refractivity contribution in [3.05, 3.63) is 35.4 Å². The molecule has 2 heteroatoms. The highest BCUT2D eigenvalue weighted by atomic mass is 15.2. The Morgan fingerprint density at radius 1 is 1.29 bits per heavy atom. The van der Waals surface area contributed by atoms with Crippen molar-refractivity contribution < 1.29 is 0 Å². The number of nitrogens with zero attached hydrogens (tertiary/aromatic N) is 1. The molecule has 0 amide bonds. The summed E-state index contributed by atoms with van der Waals surface area (Å²) in [6, 6.07) is 10.4. The standard InChI is InChI=1S/C19H30N2/c1-3-15(2)18-14-21(13-7-12-20-18)19-11-6-9-16-8-4-5-10-17(16)19/h4-5,8,10,15,18-20H,3,6-7,9,11-14H2,1-2H3. The number of aryl methyl sites for hydroxylation is 1. The van der Waals surface area contributed by atoms with E-state index in [0.29, 0.717) is 12.1 Å². The Morgan fingerprint density at radius 2 is 2.14 bits per heavy atom. The fraction of sp³-hybridized carbons (Fsp3) is 0.684. The molecule has 0 spiro atoms. The fourth-order valence-electron chi connectivity index (χ4n) is 4.03. The maximum atomic E-state index is 3.78. The molecule has 1 aliphatic heterocycles. The quantitative estimate of drug-likeness (QED) is 0.910. The Labute approximate surface area is 129 Å². The largest absolute Gasteiger partial charge is 0.312 e. The highest BCUT2D eigenvalue weighted by Gasteiger charge is 2.29. The van der Waals surface area contributed by atoms with E-state index in [-0.39, 0.29) is 0 Å². The molecule has 1 saturated heterocycles. The Morgan fingerprint density at radius 3 is 3.00 bits per heavy atom. The minimum Gasteiger partial charge on any atom is -0.312 e. The Kier molecular flexibility index (Phi) is 4.97. The Hall–Kier alpha value is -0.860. The third-order valence-corrected chi connectivity index (χ3v) is 5.57. The van der Waals surface area contributed by atoms with Gasteiger partial charge in [0.15, 0.2) is 0 Å². The molecule has 1 aliphatic carbocycles. The van der Waals surface area contributed by atoms with Gasteiger partial charge in [-0.05, 0) is 49.3 Å². The van der Waals surface area contributed by atoms with Crippen molar-refractivity contribution in [2.45, 2.75) is 58.0 Å². The molecule has 21 heavy (non-hydrogen) atoms. The van der Waals surface area contributed by atoms with Crippen LogP contribution in [0.15, 0.2) is 24.3 Å². The average molecular weight is 286 g/mol. The van der Waals surface area contributed by atoms with Gasteiger partial charge < -0.3 is 5.32 Å². The van der Waals surface area contributed by atoms with Crippen LogP contribution in [-0.2, 0) is 6.42 Å². The third kappa shape index (κ3) is 3.32. The number of fused-ring (bicyclic) bond motifs is 1. The second-order valence-electron chi connectivity index (χ2n) is 6.90. The molecule has 0 radical (unpaired) electrons. The van der Waals surface area contributed by atoms with Gasteiger partial charge in [0.2, 0.25) is 0 Å². The molecule has 0 bridgehead atoms. The lowest BCUT2D eigenvalue weighted by molar-refractivity contribution is 0.162. The lowest BCUT2D eigenvalue weighted by atomic mass is 9.86. The van der Waals surface area contributed by atoms with Gasteiger partial charge in [-0.25, -0.2) is 0 Å². The van der Waals surface area contributed by atoms with Crippen molar-refractivity contribution in [3.63, 3.8) is 0 Å². The number of nitrogens with one attached hydrogen (secondary N) is 1. The van der Waals surface area contributed by atoms with Gasteiger partial charge in [-0.2, -0.15) is 0 Å². The van der Waals surface area contributed by atoms with E-state index in [2.05, 4.69) is 48.3 Å². The summed E-state index contributed by atoms with van der Waals surface area (Å²) < 4.78 is 0. The van der Waals surface area contributed by atoms with E-state index in [0.717, 1.165) is 5.92 Å². The molecule has 2 nitrogen and oxygen atoms in total. The van der Waals surface area contributed by atoms with Crippen LogP contribution >= 0.6 is 0 Å². The van der Waals surface area contributed by atoms with Crippen LogP contribution in [0.4, 0.5) is 0 Å². The lowest BCUT2D eigenvalue weighted by Crippen LogP contribution is -2.43. The highest BCUT2D eigenvalue weighted by molar-refractivity contribution is 5.32. The van der Waals surface area contributed by atoms with Gasteiger partial charge in [-0.15, -0.1) is 0 Å². The summed E-state index contributed by atoms with van der Waals surface area (Å²) in [5.41, 5.74) is 3.19. The zero-order valence-corrected chi connectivity index (χ0v) is 13.6. The van der Waals surface area contributed by atoms with E-state index < -0.39 is 0 Å². The van der Waals surface area contributed by atoms with E-state index in [1.165, 1.54) is 51.7 Å². The summed E-state index contributed by atoms with van der Waals surface area (Å²) in [6.45, 7) is 8.36. The molecule has 0 saturated carbocycles. The molecule has 1 N–H and O–H groups in total. The highest BCUT2D eigenvalue weighted by Crippen LogP contribution is 2.35. The number of hydrogen-bond donors (Lipinski definition) is 1. The van der Waals surface area contributed by atoms with E-state index in [1.54, 1.807) is 11.1 Å². The smallest absolute Gasteiger partial charge is 0.0351 e. The van der Waals surface area contributed by atoms with E-state index in [1.807, 2.05) is 0 Å². The fourth-order valence-corrected chi connectivity index (χ4v) is 4.03. The molecule has 1 heterocycles. The summed E-state index contributed by atoms with van der Waals surface area (Å²) in [5.74, 6) is 0.768.